The molecule has 74 heavy (non-hydrogen) atoms. The lowest BCUT2D eigenvalue weighted by molar-refractivity contribution is 0.589. The maximum atomic E-state index is 17.5. The van der Waals surface area contributed by atoms with Gasteiger partial charge in [-0.3, -0.25) is 0 Å². The minimum Gasteiger partial charge on any atom is -0.312 e. The average molecular weight is 975 g/mol. The molecule has 4 heterocycles. The first kappa shape index (κ1) is 44.8. The van der Waals surface area contributed by atoms with Gasteiger partial charge in [0.25, 0.3) is 6.71 Å². The summed E-state index contributed by atoms with van der Waals surface area (Å²) in [5.41, 5.74) is 22.2. The Morgan fingerprint density at radius 1 is 0.419 bits per heavy atom. The van der Waals surface area contributed by atoms with Gasteiger partial charge in [0.15, 0.2) is 0 Å². The van der Waals surface area contributed by atoms with Gasteiger partial charge in [0, 0.05) is 49.2 Å². The molecule has 14 rings (SSSR count). The highest BCUT2D eigenvalue weighted by Gasteiger charge is 2.52. The van der Waals surface area contributed by atoms with Crippen molar-refractivity contribution in [1.82, 2.24) is 0 Å². The molecule has 0 spiro atoms. The van der Waals surface area contributed by atoms with Crippen LogP contribution in [0, 0.1) is 11.6 Å². The molecule has 4 aliphatic heterocycles. The van der Waals surface area contributed by atoms with Crippen LogP contribution in [0.15, 0.2) is 216 Å². The molecule has 0 N–H and O–H groups in total. The van der Waals surface area contributed by atoms with Crippen LogP contribution in [0.2, 0.25) is 0 Å². The molecule has 10 aromatic carbocycles. The van der Waals surface area contributed by atoms with Gasteiger partial charge in [0.05, 0.1) is 16.9 Å². The van der Waals surface area contributed by atoms with Crippen molar-refractivity contribution in [1.29, 1.82) is 0 Å². The first-order valence-electron chi connectivity index (χ1n) is 25.8. The fourth-order valence-corrected chi connectivity index (χ4v) is 13.8. The van der Waals surface area contributed by atoms with Crippen molar-refractivity contribution < 1.29 is 8.78 Å². The van der Waals surface area contributed by atoms with Gasteiger partial charge in [-0.15, -0.1) is 0 Å². The molecule has 4 aliphatic rings. The molecular weight excluding hydrogens is 924 g/mol. The van der Waals surface area contributed by atoms with Gasteiger partial charge < -0.3 is 9.80 Å². The largest absolute Gasteiger partial charge is 0.312 e. The molecule has 0 radical (unpaired) electrons. The third kappa shape index (κ3) is 6.65. The maximum Gasteiger partial charge on any atom is 0.252 e. The number of rotatable bonds is 6. The molecule has 10 aromatic rings. The van der Waals surface area contributed by atoms with Crippen LogP contribution >= 0.6 is 11.8 Å². The Labute approximate surface area is 437 Å². The SMILES string of the molecule is CC(C)c1ccc(-c2ccc(-c3cccc(-c4ccc(C(C)(C)C)cc4)c3N3c4ccccc4B4c5ccccc5N5c6ccccc6B6c7ccccc7Sc7c6c5c4c3c7-c3c(F)cccc3F)cc2)cc1. The average Bonchev–Trinajstić information content (AvgIpc) is 3.45. The molecule has 7 heteroatoms. The summed E-state index contributed by atoms with van der Waals surface area (Å²) in [6.07, 6.45) is 0. The number of nitrogens with zero attached hydrogens (tertiary/aromatic N) is 2. The van der Waals surface area contributed by atoms with Crippen molar-refractivity contribution >= 4 is 92.1 Å². The molecule has 354 valence electrons. The van der Waals surface area contributed by atoms with Crippen molar-refractivity contribution in [3.63, 3.8) is 0 Å². The fourth-order valence-electron chi connectivity index (χ4n) is 12.5. The number of anilines is 6. The molecule has 0 aliphatic carbocycles. The van der Waals surface area contributed by atoms with E-state index in [1.807, 2.05) is 0 Å². The monoisotopic (exact) mass is 974 g/mol. The molecule has 0 bridgehead atoms. The lowest BCUT2D eigenvalue weighted by Crippen LogP contribution is -2.68. The van der Waals surface area contributed by atoms with E-state index < -0.39 is 11.6 Å². The highest BCUT2D eigenvalue weighted by molar-refractivity contribution is 8.00. The van der Waals surface area contributed by atoms with Crippen molar-refractivity contribution in [2.75, 3.05) is 9.80 Å². The van der Waals surface area contributed by atoms with Gasteiger partial charge in [0.2, 0.25) is 6.71 Å². The van der Waals surface area contributed by atoms with E-state index in [-0.39, 0.29) is 24.4 Å². The van der Waals surface area contributed by atoms with Crippen LogP contribution in [-0.4, -0.2) is 13.4 Å². The Kier molecular flexibility index (Phi) is 10.2. The first-order valence-corrected chi connectivity index (χ1v) is 26.6. The van der Waals surface area contributed by atoms with Crippen LogP contribution in [0.25, 0.3) is 44.5 Å². The zero-order valence-corrected chi connectivity index (χ0v) is 42.7. The second-order valence-corrected chi connectivity index (χ2v) is 22.6. The van der Waals surface area contributed by atoms with E-state index in [0.29, 0.717) is 11.5 Å². The summed E-state index contributed by atoms with van der Waals surface area (Å²) in [5, 5.41) is 0. The molecule has 0 atom stereocenters. The maximum absolute atomic E-state index is 17.5. The predicted octanol–water partition coefficient (Wildman–Crippen LogP) is 14.4. The second-order valence-electron chi connectivity index (χ2n) is 21.6. The Balaban J connectivity index is 1.14. The number of hydrogen-bond donors (Lipinski definition) is 0. The molecular formula is C67H50B2F2N2S. The summed E-state index contributed by atoms with van der Waals surface area (Å²) in [4.78, 5) is 6.83. The number of benzene rings is 10. The van der Waals surface area contributed by atoms with Gasteiger partial charge >= 0.3 is 0 Å². The summed E-state index contributed by atoms with van der Waals surface area (Å²) in [6, 6.07) is 72.7. The van der Waals surface area contributed by atoms with E-state index in [1.54, 1.807) is 11.8 Å². The quantitative estimate of drug-likeness (QED) is 0.153. The van der Waals surface area contributed by atoms with Gasteiger partial charge in [-0.1, -0.05) is 222 Å². The Morgan fingerprint density at radius 2 is 0.878 bits per heavy atom. The van der Waals surface area contributed by atoms with Crippen LogP contribution < -0.4 is 42.6 Å². The first-order chi connectivity index (χ1) is 36.0. The van der Waals surface area contributed by atoms with Crippen LogP contribution in [0.1, 0.15) is 51.7 Å². The smallest absolute Gasteiger partial charge is 0.252 e. The Bertz CT molecular complexity index is 3910. The second kappa shape index (κ2) is 16.8. The molecule has 0 saturated carbocycles. The summed E-state index contributed by atoms with van der Waals surface area (Å²) >= 11 is 1.64. The van der Waals surface area contributed by atoms with E-state index >= 15 is 8.78 Å². The van der Waals surface area contributed by atoms with E-state index in [4.69, 9.17) is 0 Å². The number of fused-ring (bicyclic) bond motifs is 10. The minimum atomic E-state index is -0.594. The standard InChI is InChI=1S/C67H50B2F2N2S/c1-40(2)41-28-30-42(31-29-41)43-32-34-44(35-33-43)47-16-14-17-48(45-36-38-46(39-37-45)67(3,4)5)63(47)73-57-26-12-8-20-51(57)68-49-18-6-10-24-55(49)72-56-25-11-7-19-50(56)69-52-21-9-13-27-58(52)74-66-60(59-53(70)22-15-23-54(59)71)64(73)61(68)65(72)62(66)69/h6-40H,1-5H3. The molecule has 0 fully saturated rings. The lowest BCUT2D eigenvalue weighted by Gasteiger charge is -2.50. The van der Waals surface area contributed by atoms with Crippen molar-refractivity contribution in [2.24, 2.45) is 0 Å². The van der Waals surface area contributed by atoms with E-state index in [1.165, 1.54) is 40.3 Å². The highest BCUT2D eigenvalue weighted by atomic mass is 32.2. The van der Waals surface area contributed by atoms with Crippen molar-refractivity contribution in [3.05, 3.63) is 229 Å². The van der Waals surface area contributed by atoms with Crippen molar-refractivity contribution in [2.45, 2.75) is 55.7 Å². The minimum absolute atomic E-state index is 0.0176. The predicted molar refractivity (Wildman–Crippen MR) is 310 cm³/mol. The zero-order valence-electron chi connectivity index (χ0n) is 41.9. The molecule has 0 saturated heterocycles. The fraction of sp³-hybridized carbons (Fsp3) is 0.104. The summed E-state index contributed by atoms with van der Waals surface area (Å²) < 4.78 is 35.1. The lowest BCUT2D eigenvalue weighted by atomic mass is 9.29. The van der Waals surface area contributed by atoms with E-state index in [2.05, 4.69) is 232 Å². The third-order valence-corrected chi connectivity index (χ3v) is 17.3. The Hall–Kier alpha value is -7.86. The van der Waals surface area contributed by atoms with Gasteiger partial charge in [-0.2, -0.15) is 0 Å². The third-order valence-electron chi connectivity index (χ3n) is 16.0. The van der Waals surface area contributed by atoms with Gasteiger partial charge in [0.1, 0.15) is 11.6 Å². The van der Waals surface area contributed by atoms with Crippen LogP contribution in [-0.2, 0) is 5.41 Å². The molecule has 2 nitrogen and oxygen atoms in total. The number of halogens is 2. The molecule has 0 amide bonds. The summed E-state index contributed by atoms with van der Waals surface area (Å²) in [5.74, 6) is -0.743. The summed E-state index contributed by atoms with van der Waals surface area (Å²) in [7, 11) is 0. The van der Waals surface area contributed by atoms with Gasteiger partial charge in [-0.25, -0.2) is 8.78 Å². The van der Waals surface area contributed by atoms with Crippen LogP contribution in [0.4, 0.5) is 42.9 Å². The van der Waals surface area contributed by atoms with E-state index in [0.717, 1.165) is 99.1 Å². The number of hydrogen-bond acceptors (Lipinski definition) is 3. The molecule has 0 unspecified atom stereocenters. The van der Waals surface area contributed by atoms with E-state index in [9.17, 15) is 0 Å². The Morgan fingerprint density at radius 3 is 1.43 bits per heavy atom. The highest BCUT2D eigenvalue weighted by Crippen LogP contribution is 2.56. The van der Waals surface area contributed by atoms with Crippen LogP contribution in [0.3, 0.4) is 0 Å². The normalized spacial score (nSPS) is 13.6. The summed E-state index contributed by atoms with van der Waals surface area (Å²) in [6.45, 7) is 10.7. The van der Waals surface area contributed by atoms with Gasteiger partial charge in [-0.05, 0) is 108 Å². The van der Waals surface area contributed by atoms with Crippen molar-refractivity contribution in [3.8, 4) is 44.5 Å². The molecule has 0 aromatic heterocycles. The zero-order chi connectivity index (χ0) is 50.1. The number of para-hydroxylation sites is 4. The van der Waals surface area contributed by atoms with Crippen LogP contribution in [0.5, 0.6) is 0 Å². The topological polar surface area (TPSA) is 6.48 Å².